The molecule has 0 bridgehead atoms. The molecule has 2 nitrogen and oxygen atoms in total. The Morgan fingerprint density at radius 1 is 1.35 bits per heavy atom. The van der Waals surface area contributed by atoms with Crippen molar-refractivity contribution in [1.82, 2.24) is 0 Å². The van der Waals surface area contributed by atoms with Gasteiger partial charge in [-0.05, 0) is 0 Å². The van der Waals surface area contributed by atoms with Gasteiger partial charge in [-0.15, -0.1) is 0 Å². The van der Waals surface area contributed by atoms with E-state index in [1.807, 2.05) is 19.1 Å². The van der Waals surface area contributed by atoms with E-state index in [1.165, 1.54) is 0 Å². The first-order valence-electron chi connectivity index (χ1n) is 6.64. The number of nitrogens with two attached hydrogens (primary N) is 1. The molecule has 1 aromatic carbocycles. The number of allylic oxidation sites excluding steroid dienone is 1. The monoisotopic (exact) mass is 363 g/mol. The van der Waals surface area contributed by atoms with Crippen LogP contribution in [-0.4, -0.2) is 12.1 Å². The van der Waals surface area contributed by atoms with Crippen LogP contribution in [0.1, 0.15) is 22.3 Å². The molecule has 0 aromatic heterocycles. The van der Waals surface area contributed by atoms with Crippen molar-refractivity contribution in [3.8, 4) is 0 Å². The van der Waals surface area contributed by atoms with Crippen LogP contribution in [0.15, 0.2) is 30.3 Å². The quantitative estimate of drug-likeness (QED) is 0.799. The summed E-state index contributed by atoms with van der Waals surface area (Å²) in [6.07, 6.45) is 3.08. The molecule has 1 amide bonds. The fourth-order valence-electron chi connectivity index (χ4n) is 2.99. The van der Waals surface area contributed by atoms with Crippen LogP contribution in [-0.2, 0) is 16.7 Å². The van der Waals surface area contributed by atoms with Crippen molar-refractivity contribution in [2.45, 2.75) is 28.5 Å². The molecule has 0 heterocycles. The van der Waals surface area contributed by atoms with E-state index in [9.17, 15) is 4.79 Å². The molecule has 1 aliphatic carbocycles. The Morgan fingerprint density at radius 3 is 2.50 bits per heavy atom. The van der Waals surface area contributed by atoms with Crippen LogP contribution in [0.2, 0.25) is 17.3 Å². The van der Waals surface area contributed by atoms with Gasteiger partial charge >= 0.3 is 129 Å². The number of halogens is 2. The molecule has 2 atom stereocenters. The van der Waals surface area contributed by atoms with Crippen molar-refractivity contribution in [2.24, 2.45) is 5.73 Å². The molecule has 0 fully saturated rings. The first-order valence-corrected chi connectivity index (χ1v) is 17.6. The molecule has 108 valence electrons. The summed E-state index contributed by atoms with van der Waals surface area (Å²) < 4.78 is -0.474. The van der Waals surface area contributed by atoms with E-state index in [2.05, 4.69) is 37.4 Å². The third-order valence-corrected chi connectivity index (χ3v) is 38.0. The molecule has 0 saturated carbocycles. The van der Waals surface area contributed by atoms with Gasteiger partial charge in [0.1, 0.15) is 0 Å². The molecular formula is C14H19Cl2NOSiTi. The summed E-state index contributed by atoms with van der Waals surface area (Å²) in [7, 11) is 14.3. The van der Waals surface area contributed by atoms with Crippen molar-refractivity contribution in [3.63, 3.8) is 0 Å². The fourth-order valence-corrected chi connectivity index (χ4v) is 19.2. The van der Waals surface area contributed by atoms with Crippen LogP contribution < -0.4 is 5.73 Å². The number of carbonyl (C=O) groups excluding carboxylic acids is 1. The standard InChI is InChI=1S/C9H7.C3H6NO.C2H6Si.2ClH.Ti/c1-2-5-9-7-3-6-8(9)4-1;1-2-3(4)5;1-3-2;;;/h1-7H;2H,1H3,(H2,4,5);1-2H3;2*1H;/q;;;;;+2/p-2. The zero-order valence-corrected chi connectivity index (χ0v) is 15.9. The zero-order chi connectivity index (χ0) is 15.2. The molecule has 0 saturated heterocycles. The fraction of sp³-hybridized carbons (Fsp3) is 0.357. The van der Waals surface area contributed by atoms with Crippen molar-refractivity contribution < 1.29 is 16.7 Å². The third-order valence-electron chi connectivity index (χ3n) is 4.55. The van der Waals surface area contributed by atoms with Crippen LogP contribution in [0.25, 0.3) is 6.08 Å². The van der Waals surface area contributed by atoms with Gasteiger partial charge in [-0.3, -0.25) is 0 Å². The second-order valence-electron chi connectivity index (χ2n) is 5.74. The normalized spacial score (nSPS) is 19.6. The summed E-state index contributed by atoms with van der Waals surface area (Å²) in [6, 6.07) is 8.11. The molecule has 0 radical (unpaired) electrons. The van der Waals surface area contributed by atoms with Gasteiger partial charge in [0.2, 0.25) is 0 Å². The average Bonchev–Trinajstić information content (AvgIpc) is 2.82. The molecule has 1 aromatic rings. The Balaban J connectivity index is 2.74. The first-order chi connectivity index (χ1) is 9.19. The van der Waals surface area contributed by atoms with Crippen molar-refractivity contribution in [3.05, 3.63) is 41.5 Å². The van der Waals surface area contributed by atoms with Gasteiger partial charge in [-0.2, -0.15) is 0 Å². The number of primary amides is 1. The number of benzene rings is 1. The Hall–Kier alpha value is -0.0588. The van der Waals surface area contributed by atoms with Crippen molar-refractivity contribution in [2.75, 3.05) is 0 Å². The molecule has 0 spiro atoms. The SMILES string of the molecule is C[CH](C(N)=O)[Ti]([Cl])([Cl])([CH]1C=Cc2ccccc21)=[Si](C)C. The molecule has 2 unspecified atom stereocenters. The van der Waals surface area contributed by atoms with E-state index in [-0.39, 0.29) is 10.1 Å². The first kappa shape index (κ1) is 16.3. The predicted molar refractivity (Wildman–Crippen MR) is 86.0 cm³/mol. The maximum absolute atomic E-state index is 11.8. The summed E-state index contributed by atoms with van der Waals surface area (Å²) in [5, 5.41) is 0. The van der Waals surface area contributed by atoms with Gasteiger partial charge in [-0.1, -0.05) is 0 Å². The second kappa shape index (κ2) is 5.29. The van der Waals surface area contributed by atoms with Gasteiger partial charge in [-0.25, -0.2) is 0 Å². The number of carbonyl (C=O) groups is 1. The van der Waals surface area contributed by atoms with E-state index in [1.54, 1.807) is 0 Å². The Labute approximate surface area is 128 Å². The summed E-state index contributed by atoms with van der Waals surface area (Å²) in [5.74, 6) is -0.379. The van der Waals surface area contributed by atoms with Gasteiger partial charge in [0.15, 0.2) is 0 Å². The van der Waals surface area contributed by atoms with Crippen LogP contribution in [0.3, 0.4) is 0 Å². The number of hydrogen-bond donors (Lipinski definition) is 1. The molecule has 0 aliphatic heterocycles. The van der Waals surface area contributed by atoms with E-state index >= 15 is 0 Å². The zero-order valence-electron chi connectivity index (χ0n) is 11.9. The minimum absolute atomic E-state index is 0.0297. The maximum atomic E-state index is 11.8. The molecule has 20 heavy (non-hydrogen) atoms. The minimum atomic E-state index is -4.14. The van der Waals surface area contributed by atoms with Crippen LogP contribution >= 0.6 is 18.6 Å². The topological polar surface area (TPSA) is 43.1 Å². The average molecular weight is 364 g/mol. The van der Waals surface area contributed by atoms with Gasteiger partial charge in [0.05, 0.1) is 0 Å². The van der Waals surface area contributed by atoms with E-state index < -0.39 is 22.3 Å². The molecular weight excluding hydrogens is 345 g/mol. The number of amides is 1. The Morgan fingerprint density at radius 2 is 1.95 bits per heavy atom. The van der Waals surface area contributed by atoms with Gasteiger partial charge in [0, 0.05) is 0 Å². The molecule has 6 heteroatoms. The van der Waals surface area contributed by atoms with E-state index in [0.717, 1.165) is 11.1 Å². The van der Waals surface area contributed by atoms with Crippen LogP contribution in [0.4, 0.5) is 0 Å². The van der Waals surface area contributed by atoms with Crippen LogP contribution in [0.5, 0.6) is 0 Å². The predicted octanol–water partition coefficient (Wildman–Crippen LogP) is 4.30. The second-order valence-corrected chi connectivity index (χ2v) is 32.9. The molecule has 2 rings (SSSR count). The summed E-state index contributed by atoms with van der Waals surface area (Å²) >= 11 is -4.14. The van der Waals surface area contributed by atoms with Crippen molar-refractivity contribution in [1.29, 1.82) is 0 Å². The Kier molecular flexibility index (Phi) is 4.32. The van der Waals surface area contributed by atoms with Gasteiger partial charge in [0.25, 0.3) is 0 Å². The van der Waals surface area contributed by atoms with E-state index in [0.29, 0.717) is 0 Å². The van der Waals surface area contributed by atoms with Gasteiger partial charge < -0.3 is 0 Å². The number of hydrogen-bond acceptors (Lipinski definition) is 1. The molecule has 2 N–H and O–H groups in total. The molecule has 1 aliphatic rings. The third kappa shape index (κ3) is 2.24. The summed E-state index contributed by atoms with van der Waals surface area (Å²) in [6.45, 7) is 6.03. The van der Waals surface area contributed by atoms with E-state index in [4.69, 9.17) is 24.3 Å². The number of fused-ring (bicyclic) bond motifs is 1. The van der Waals surface area contributed by atoms with Crippen molar-refractivity contribution >= 4 is 36.8 Å². The summed E-state index contributed by atoms with van der Waals surface area (Å²) in [4.78, 5) is 11.8. The summed E-state index contributed by atoms with van der Waals surface area (Å²) in [5.41, 5.74) is 7.86. The van der Waals surface area contributed by atoms with Crippen LogP contribution in [0, 0.1) is 0 Å². The number of rotatable bonds is 3. The Bertz CT molecular complexity index is 674.